The Morgan fingerprint density at radius 1 is 1.00 bits per heavy atom. The third kappa shape index (κ3) is 4.30. The number of hydrogen-bond acceptors (Lipinski definition) is 5. The van der Waals surface area contributed by atoms with Gasteiger partial charge in [0.15, 0.2) is 5.69 Å². The Balaban J connectivity index is 3.70. The van der Waals surface area contributed by atoms with Crippen molar-refractivity contribution in [3.05, 3.63) is 37.9 Å². The molecule has 0 aromatic heterocycles. The molecule has 128 valence electrons. The molecule has 0 unspecified atom stereocenters. The maximum atomic E-state index is 12.8. The molecule has 0 N–H and O–H groups in total. The molecule has 0 amide bonds. The van der Waals surface area contributed by atoms with E-state index in [1.807, 2.05) is 0 Å². The van der Waals surface area contributed by atoms with Crippen LogP contribution >= 0.6 is 0 Å². The van der Waals surface area contributed by atoms with Crippen molar-refractivity contribution in [1.29, 1.82) is 0 Å². The Morgan fingerprint density at radius 3 is 1.65 bits per heavy atom. The number of alkyl halides is 3. The fourth-order valence-electron chi connectivity index (χ4n) is 2.25. The Labute approximate surface area is 130 Å². The van der Waals surface area contributed by atoms with E-state index < -0.39 is 33.0 Å². The summed E-state index contributed by atoms with van der Waals surface area (Å²) in [6.45, 7) is 4.07. The molecule has 0 fully saturated rings. The first-order valence-electron chi connectivity index (χ1n) is 6.92. The number of rotatable bonds is 7. The molecule has 23 heavy (non-hydrogen) atoms. The largest absolute Gasteiger partial charge is 0.416 e. The highest BCUT2D eigenvalue weighted by Gasteiger charge is 2.38. The summed E-state index contributed by atoms with van der Waals surface area (Å²) in [5, 5.41) is 22.4. The fourth-order valence-corrected chi connectivity index (χ4v) is 2.25. The average Bonchev–Trinajstić information content (AvgIpc) is 2.44. The number of anilines is 1. The van der Waals surface area contributed by atoms with Gasteiger partial charge in [0.2, 0.25) is 0 Å². The van der Waals surface area contributed by atoms with Gasteiger partial charge < -0.3 is 4.90 Å². The van der Waals surface area contributed by atoms with Crippen molar-refractivity contribution < 1.29 is 23.0 Å². The van der Waals surface area contributed by atoms with Crippen LogP contribution in [-0.2, 0) is 6.18 Å². The van der Waals surface area contributed by atoms with Crippen LogP contribution in [0, 0.1) is 20.2 Å². The molecule has 0 radical (unpaired) electrons. The predicted molar refractivity (Wildman–Crippen MR) is 77.5 cm³/mol. The Morgan fingerprint density at radius 2 is 1.39 bits per heavy atom. The molecule has 1 aromatic rings. The first-order chi connectivity index (χ1) is 10.6. The maximum Gasteiger partial charge on any atom is 0.416 e. The molecule has 1 aromatic carbocycles. The zero-order valence-corrected chi connectivity index (χ0v) is 12.6. The molecule has 0 saturated carbocycles. The summed E-state index contributed by atoms with van der Waals surface area (Å²) in [4.78, 5) is 21.7. The van der Waals surface area contributed by atoms with Crippen LogP contribution in [0.1, 0.15) is 32.3 Å². The van der Waals surface area contributed by atoms with Crippen LogP contribution in [0.15, 0.2) is 12.1 Å². The van der Waals surface area contributed by atoms with Crippen LogP contribution < -0.4 is 4.90 Å². The highest BCUT2D eigenvalue weighted by molar-refractivity contribution is 5.76. The van der Waals surface area contributed by atoms with Crippen molar-refractivity contribution in [3.8, 4) is 0 Å². The van der Waals surface area contributed by atoms with Crippen LogP contribution in [0.3, 0.4) is 0 Å². The minimum absolute atomic E-state index is 0.265. The van der Waals surface area contributed by atoms with Crippen molar-refractivity contribution in [2.45, 2.75) is 32.9 Å². The molecule has 10 heteroatoms. The fraction of sp³-hybridized carbons (Fsp3) is 0.538. The average molecular weight is 341 g/mol. The summed E-state index contributed by atoms with van der Waals surface area (Å²) in [6.07, 6.45) is -3.83. The molecule has 0 atom stereocenters. The van der Waals surface area contributed by atoms with E-state index in [-0.39, 0.29) is 18.8 Å². The van der Waals surface area contributed by atoms with E-state index >= 15 is 0 Å². The van der Waals surface area contributed by atoms with Gasteiger partial charge in [-0.1, -0.05) is 13.8 Å². The summed E-state index contributed by atoms with van der Waals surface area (Å²) >= 11 is 0. The molecule has 0 aliphatic carbocycles. The van der Waals surface area contributed by atoms with Gasteiger partial charge in [-0.25, -0.2) is 0 Å². The lowest BCUT2D eigenvalue weighted by Gasteiger charge is -2.23. The van der Waals surface area contributed by atoms with Crippen molar-refractivity contribution >= 4 is 17.1 Å². The molecule has 0 spiro atoms. The van der Waals surface area contributed by atoms with Gasteiger partial charge in [-0.3, -0.25) is 20.2 Å². The van der Waals surface area contributed by atoms with Crippen LogP contribution in [-0.4, -0.2) is 22.9 Å². The minimum Gasteiger partial charge on any atom is -0.360 e. The SMILES string of the molecule is CCCN(CCC)[13c]1[13c]([N+](=O)[O-])[13cH][13c](C(F)(F)F)[13cH][13c]1[N+](=O)[O-]. The maximum absolute atomic E-state index is 12.8. The molecule has 7 nitrogen and oxygen atoms in total. The highest BCUT2D eigenvalue weighted by atomic mass is 19.4. The van der Waals surface area contributed by atoms with Crippen LogP contribution in [0.5, 0.6) is 0 Å². The van der Waals surface area contributed by atoms with Gasteiger partial charge in [-0.2, -0.15) is 13.2 Å². The van der Waals surface area contributed by atoms with Crippen LogP contribution in [0.2, 0.25) is 0 Å². The smallest absolute Gasteiger partial charge is 0.360 e. The molecular formula is C13H16F3N3O4. The number of nitro benzene ring substituents is 2. The van der Waals surface area contributed by atoms with E-state index in [1.165, 1.54) is 4.90 Å². The molecule has 0 aliphatic heterocycles. The third-order valence-corrected chi connectivity index (χ3v) is 3.09. The quantitative estimate of drug-likeness (QED) is 0.549. The van der Waals surface area contributed by atoms with E-state index in [1.54, 1.807) is 13.8 Å². The second-order valence-corrected chi connectivity index (χ2v) is 4.86. The van der Waals surface area contributed by atoms with Gasteiger partial charge in [-0.15, -0.1) is 0 Å². The van der Waals surface area contributed by atoms with Gasteiger partial charge in [-0.05, 0) is 12.8 Å². The monoisotopic (exact) mass is 341 g/mol. The van der Waals surface area contributed by atoms with Gasteiger partial charge in [0.25, 0.3) is 11.4 Å². The van der Waals surface area contributed by atoms with E-state index in [9.17, 15) is 33.4 Å². The lowest BCUT2D eigenvalue weighted by molar-refractivity contribution is -0.393. The summed E-state index contributed by atoms with van der Waals surface area (Å²) in [5.74, 6) is 0. The van der Waals surface area contributed by atoms with Crippen LogP contribution in [0.4, 0.5) is 30.2 Å². The molecular weight excluding hydrogens is 325 g/mol. The molecule has 0 aliphatic rings. The van der Waals surface area contributed by atoms with Crippen molar-refractivity contribution in [1.82, 2.24) is 0 Å². The lowest BCUT2D eigenvalue weighted by atomic mass is 10.4. The first kappa shape index (κ1) is 18.7. The topological polar surface area (TPSA) is 89.5 Å². The number of halogens is 3. The Hall–Kier alpha value is -2.39. The number of hydrogen-bond donors (Lipinski definition) is 0. The van der Waals surface area contributed by atoms with E-state index in [4.69, 9.17) is 0 Å². The number of nitrogens with zero attached hydrogens (tertiary/aromatic N) is 3. The van der Waals surface area contributed by atoms with Gasteiger partial charge >= 0.3 is 6.18 Å². The zero-order chi connectivity index (χ0) is 17.8. The first-order valence-corrected chi connectivity index (χ1v) is 6.92. The molecule has 1 rings (SSSR count). The second kappa shape index (κ2) is 7.25. The Bertz CT molecular complexity index is 564. The van der Waals surface area contributed by atoms with Gasteiger partial charge in [0, 0.05) is 25.2 Å². The summed E-state index contributed by atoms with van der Waals surface area (Å²) in [6, 6.07) is 0.696. The van der Waals surface area contributed by atoms with Crippen LogP contribution in [0.25, 0.3) is 0 Å². The van der Waals surface area contributed by atoms with Gasteiger partial charge in [0.1, 0.15) is 0 Å². The minimum atomic E-state index is -4.91. The molecule has 0 saturated heterocycles. The van der Waals surface area contributed by atoms with Gasteiger partial charge in [0.05, 0.1) is 15.4 Å². The predicted octanol–water partition coefficient (Wildman–Crippen LogP) is 4.15. The summed E-state index contributed by atoms with van der Waals surface area (Å²) < 4.78 is 38.5. The summed E-state index contributed by atoms with van der Waals surface area (Å²) in [5.41, 5.74) is -3.61. The highest BCUT2D eigenvalue weighted by Crippen LogP contribution is 2.43. The van der Waals surface area contributed by atoms with E-state index in [2.05, 4.69) is 0 Å². The number of benzene rings is 1. The van der Waals surface area contributed by atoms with Crippen molar-refractivity contribution in [2.75, 3.05) is 18.0 Å². The molecule has 0 bridgehead atoms. The van der Waals surface area contributed by atoms with E-state index in [0.717, 1.165) is 0 Å². The summed E-state index contributed by atoms with van der Waals surface area (Å²) in [7, 11) is 0. The standard InChI is InChI=1S/C13H16F3N3O4/c1-3-5-17(6-4-2)12-10(18(20)21)7-9(13(14,15)16)8-11(12)19(22)23/h7-8H,3-6H2,1-2H3/i7+1,8+1,9+1,10+1,11+1,12+1. The molecule has 0 heterocycles. The Kier molecular flexibility index (Phi) is 5.88. The van der Waals surface area contributed by atoms with Crippen molar-refractivity contribution in [2.24, 2.45) is 0 Å². The second-order valence-electron chi connectivity index (χ2n) is 4.86. The lowest BCUT2D eigenvalue weighted by Crippen LogP contribution is -2.27. The number of nitro groups is 2. The van der Waals surface area contributed by atoms with E-state index in [0.29, 0.717) is 25.0 Å². The van der Waals surface area contributed by atoms with Crippen molar-refractivity contribution in [3.63, 3.8) is 0 Å². The normalized spacial score (nSPS) is 11.3. The third-order valence-electron chi connectivity index (χ3n) is 3.09. The zero-order valence-electron chi connectivity index (χ0n) is 12.6.